The first-order valence-electron chi connectivity index (χ1n) is 9.66. The molecule has 3 heterocycles. The highest BCUT2D eigenvalue weighted by atomic mass is 35.5. The molecular formula is C23H20ClN5O2. The van der Waals surface area contributed by atoms with Crippen LogP contribution in [0, 0.1) is 11.3 Å². The van der Waals surface area contributed by atoms with Crippen molar-refractivity contribution in [3.05, 3.63) is 90.2 Å². The molecule has 3 aromatic rings. The van der Waals surface area contributed by atoms with E-state index in [2.05, 4.69) is 16.0 Å². The van der Waals surface area contributed by atoms with Crippen LogP contribution in [0.4, 0.5) is 5.82 Å². The summed E-state index contributed by atoms with van der Waals surface area (Å²) in [4.78, 5) is 21.6. The summed E-state index contributed by atoms with van der Waals surface area (Å²) in [6.07, 6.45) is 7.65. The maximum absolute atomic E-state index is 12.5. The number of imidazole rings is 1. The predicted molar refractivity (Wildman–Crippen MR) is 117 cm³/mol. The maximum atomic E-state index is 12.5. The average Bonchev–Trinajstić information content (AvgIpc) is 3.24. The number of hydrogen-bond acceptors (Lipinski definition) is 5. The van der Waals surface area contributed by atoms with Crippen molar-refractivity contribution >= 4 is 23.3 Å². The van der Waals surface area contributed by atoms with E-state index in [0.29, 0.717) is 17.9 Å². The normalized spacial score (nSPS) is 19.3. The lowest BCUT2D eigenvalue weighted by Gasteiger charge is -2.38. The zero-order valence-corrected chi connectivity index (χ0v) is 17.6. The van der Waals surface area contributed by atoms with Crippen molar-refractivity contribution in [1.82, 2.24) is 14.5 Å². The van der Waals surface area contributed by atoms with Gasteiger partial charge < -0.3 is 9.30 Å². The third kappa shape index (κ3) is 4.22. The summed E-state index contributed by atoms with van der Waals surface area (Å²) in [5.41, 5.74) is 2.40. The van der Waals surface area contributed by atoms with Gasteiger partial charge >= 0.3 is 0 Å². The summed E-state index contributed by atoms with van der Waals surface area (Å²) in [5, 5.41) is 8.99. The van der Waals surface area contributed by atoms with E-state index in [-0.39, 0.29) is 12.5 Å². The molecular weight excluding hydrogens is 414 g/mol. The number of benzene rings is 1. The summed E-state index contributed by atoms with van der Waals surface area (Å²) in [6, 6.07) is 14.9. The maximum Gasteiger partial charge on any atom is 0.251 e. The van der Waals surface area contributed by atoms with Crippen LogP contribution in [-0.4, -0.2) is 39.0 Å². The van der Waals surface area contributed by atoms with Crippen LogP contribution in [0.1, 0.15) is 22.9 Å². The van der Waals surface area contributed by atoms with Crippen LogP contribution < -0.4 is 4.90 Å². The van der Waals surface area contributed by atoms with Crippen LogP contribution in [0.3, 0.4) is 0 Å². The van der Waals surface area contributed by atoms with E-state index in [9.17, 15) is 4.79 Å². The number of pyridine rings is 1. The van der Waals surface area contributed by atoms with Gasteiger partial charge in [-0.3, -0.25) is 9.69 Å². The highest BCUT2D eigenvalue weighted by Gasteiger charge is 2.43. The Labute approximate surface area is 185 Å². The van der Waals surface area contributed by atoms with Gasteiger partial charge in [0.15, 0.2) is 0 Å². The second-order valence-electron chi connectivity index (χ2n) is 7.24. The fourth-order valence-corrected chi connectivity index (χ4v) is 4.06. The van der Waals surface area contributed by atoms with E-state index < -0.39 is 11.0 Å². The van der Waals surface area contributed by atoms with Crippen LogP contribution >= 0.6 is 11.6 Å². The number of ether oxygens (including phenoxy) is 1. The van der Waals surface area contributed by atoms with Gasteiger partial charge in [0.2, 0.25) is 0 Å². The molecule has 2 atom stereocenters. The number of nitriles is 1. The molecule has 31 heavy (non-hydrogen) atoms. The van der Waals surface area contributed by atoms with Crippen LogP contribution in [-0.2, 0) is 16.1 Å². The summed E-state index contributed by atoms with van der Waals surface area (Å²) in [7, 11) is 1.59. The largest absolute Gasteiger partial charge is 0.373 e. The minimum Gasteiger partial charge on any atom is -0.373 e. The molecule has 1 aliphatic heterocycles. The van der Waals surface area contributed by atoms with E-state index in [1.807, 2.05) is 22.8 Å². The van der Waals surface area contributed by atoms with E-state index in [0.717, 1.165) is 11.3 Å². The number of anilines is 1. The molecule has 2 aromatic heterocycles. The molecule has 0 saturated heterocycles. The minimum atomic E-state index is -1.01. The molecule has 4 rings (SSSR count). The lowest BCUT2D eigenvalue weighted by Crippen LogP contribution is -2.49. The van der Waals surface area contributed by atoms with Gasteiger partial charge in [0.1, 0.15) is 16.8 Å². The summed E-state index contributed by atoms with van der Waals surface area (Å²) in [5.74, 6) is 0.346. The molecule has 0 radical (unpaired) electrons. The molecule has 0 unspecified atom stereocenters. The number of carbonyl (C=O) groups is 1. The van der Waals surface area contributed by atoms with Gasteiger partial charge in [0.05, 0.1) is 36.4 Å². The van der Waals surface area contributed by atoms with Gasteiger partial charge in [-0.2, -0.15) is 5.26 Å². The van der Waals surface area contributed by atoms with Crippen LogP contribution in [0.15, 0.2) is 73.3 Å². The van der Waals surface area contributed by atoms with E-state index in [1.54, 1.807) is 61.1 Å². The quantitative estimate of drug-likeness (QED) is 0.556. The first-order chi connectivity index (χ1) is 15.0. The molecule has 1 aliphatic rings. The summed E-state index contributed by atoms with van der Waals surface area (Å²) < 4.78 is 7.78. The molecule has 0 saturated carbocycles. The van der Waals surface area contributed by atoms with Crippen LogP contribution in [0.2, 0.25) is 0 Å². The van der Waals surface area contributed by atoms with Crippen molar-refractivity contribution in [3.8, 4) is 6.07 Å². The van der Waals surface area contributed by atoms with Crippen LogP contribution in [0.25, 0.3) is 0 Å². The molecule has 0 bridgehead atoms. The molecule has 7 nitrogen and oxygen atoms in total. The van der Waals surface area contributed by atoms with Crippen molar-refractivity contribution < 1.29 is 9.53 Å². The third-order valence-electron chi connectivity index (χ3n) is 5.22. The van der Waals surface area contributed by atoms with Crippen LogP contribution in [0.5, 0.6) is 0 Å². The lowest BCUT2D eigenvalue weighted by molar-refractivity contribution is -0.114. The van der Waals surface area contributed by atoms with E-state index >= 15 is 0 Å². The Bertz CT molecular complexity index is 1140. The minimum absolute atomic E-state index is 0.184. The Morgan fingerprint density at radius 2 is 2.10 bits per heavy atom. The second-order valence-corrected chi connectivity index (χ2v) is 7.95. The molecule has 0 aliphatic carbocycles. The van der Waals surface area contributed by atoms with E-state index in [1.165, 1.54) is 6.08 Å². The van der Waals surface area contributed by atoms with Gasteiger partial charge in [-0.1, -0.05) is 24.3 Å². The standard InChI is InChI=1S/C23H20ClN5O2/c1-31-22(19-13-26-16-28(19)14-18-7-5-17(12-25)6-8-18)23(24)10-9-21(30)29(15-23)20-4-2-3-11-27-20/h2-11,13,16,22H,14-15H2,1H3/t22-,23+/m1/s1. The number of aromatic nitrogens is 3. The Balaban J connectivity index is 1.63. The number of carbonyl (C=O) groups excluding carboxylic acids is 1. The zero-order chi connectivity index (χ0) is 21.8. The highest BCUT2D eigenvalue weighted by molar-refractivity contribution is 6.27. The lowest BCUT2D eigenvalue weighted by atomic mass is 9.94. The Morgan fingerprint density at radius 3 is 2.77 bits per heavy atom. The second kappa shape index (κ2) is 8.72. The number of hydrogen-bond donors (Lipinski definition) is 0. The van der Waals surface area contributed by atoms with Gasteiger partial charge in [0.25, 0.3) is 5.91 Å². The third-order valence-corrected chi connectivity index (χ3v) is 5.66. The first-order valence-corrected chi connectivity index (χ1v) is 10.0. The first kappa shape index (κ1) is 20.8. The van der Waals surface area contributed by atoms with Gasteiger partial charge in [-0.25, -0.2) is 9.97 Å². The Morgan fingerprint density at radius 1 is 1.29 bits per heavy atom. The highest BCUT2D eigenvalue weighted by Crippen LogP contribution is 2.39. The van der Waals surface area contributed by atoms with Crippen molar-refractivity contribution in [2.75, 3.05) is 18.6 Å². The molecule has 0 N–H and O–H groups in total. The molecule has 1 amide bonds. The number of nitrogens with zero attached hydrogens (tertiary/aromatic N) is 5. The fraction of sp³-hybridized carbons (Fsp3) is 0.217. The van der Waals surface area contributed by atoms with Crippen molar-refractivity contribution in [1.29, 1.82) is 5.26 Å². The smallest absolute Gasteiger partial charge is 0.251 e. The van der Waals surface area contributed by atoms with E-state index in [4.69, 9.17) is 21.6 Å². The zero-order valence-electron chi connectivity index (χ0n) is 16.9. The van der Waals surface area contributed by atoms with Crippen molar-refractivity contribution in [2.45, 2.75) is 17.5 Å². The number of methoxy groups -OCH3 is 1. The topological polar surface area (TPSA) is 84.0 Å². The molecule has 156 valence electrons. The monoisotopic (exact) mass is 433 g/mol. The summed E-state index contributed by atoms with van der Waals surface area (Å²) >= 11 is 7.05. The Kier molecular flexibility index (Phi) is 5.85. The molecule has 0 spiro atoms. The number of halogens is 1. The van der Waals surface area contributed by atoms with Crippen molar-refractivity contribution in [2.24, 2.45) is 0 Å². The number of amides is 1. The SMILES string of the molecule is CO[C@H](c1cncn1Cc1ccc(C#N)cc1)[C@]1(Cl)C=CC(=O)N(c2ccccn2)C1. The van der Waals surface area contributed by atoms with Gasteiger partial charge in [-0.05, 0) is 29.8 Å². The number of rotatable bonds is 6. The summed E-state index contributed by atoms with van der Waals surface area (Å²) in [6.45, 7) is 0.738. The molecule has 8 heteroatoms. The van der Waals surface area contributed by atoms with Gasteiger partial charge in [-0.15, -0.1) is 11.6 Å². The molecule has 0 fully saturated rings. The average molecular weight is 434 g/mol. The number of alkyl halides is 1. The fourth-order valence-electron chi connectivity index (χ4n) is 3.68. The Hall–Kier alpha value is -3.47. The van der Waals surface area contributed by atoms with Gasteiger partial charge in [0, 0.05) is 25.9 Å². The predicted octanol–water partition coefficient (Wildman–Crippen LogP) is 3.47. The van der Waals surface area contributed by atoms with Crippen molar-refractivity contribution in [3.63, 3.8) is 0 Å². The molecule has 1 aromatic carbocycles.